The molecule has 0 radical (unpaired) electrons. The first-order valence-corrected chi connectivity index (χ1v) is 20.1. The molecule has 5 fully saturated rings. The Labute approximate surface area is 301 Å². The van der Waals surface area contributed by atoms with E-state index in [9.17, 15) is 19.2 Å². The van der Waals surface area contributed by atoms with Crippen LogP contribution in [0.5, 0.6) is 0 Å². The van der Waals surface area contributed by atoms with Crippen molar-refractivity contribution in [1.82, 2.24) is 0 Å². The van der Waals surface area contributed by atoms with E-state index in [0.29, 0.717) is 43.0 Å². The first-order chi connectivity index (χ1) is 24.1. The summed E-state index contributed by atoms with van der Waals surface area (Å²) in [6.07, 6.45) is 31.0. The Morgan fingerprint density at radius 2 is 1.56 bits per heavy atom. The van der Waals surface area contributed by atoms with Crippen LogP contribution in [0.3, 0.4) is 0 Å². The second-order valence-electron chi connectivity index (χ2n) is 17.8. The highest BCUT2D eigenvalue weighted by Crippen LogP contribution is 2.61. The van der Waals surface area contributed by atoms with E-state index in [1.54, 1.807) is 12.2 Å². The van der Waals surface area contributed by atoms with E-state index < -0.39 is 0 Å². The summed E-state index contributed by atoms with van der Waals surface area (Å²) in [4.78, 5) is 49.5. The van der Waals surface area contributed by atoms with Gasteiger partial charge in [-0.25, -0.2) is 4.79 Å². The molecule has 274 valence electrons. The number of carbonyl (C=O) groups excluding carboxylic acids is 4. The van der Waals surface area contributed by atoms with E-state index in [1.165, 1.54) is 44.6 Å². The van der Waals surface area contributed by atoms with Gasteiger partial charge in [-0.2, -0.15) is 0 Å². The maximum atomic E-state index is 12.7. The van der Waals surface area contributed by atoms with Gasteiger partial charge in [0, 0.05) is 6.08 Å². The fourth-order valence-electron chi connectivity index (χ4n) is 12.0. The summed E-state index contributed by atoms with van der Waals surface area (Å²) in [5.74, 6) is 3.55. The summed E-state index contributed by atoms with van der Waals surface area (Å²) in [7, 11) is 0. The smallest absolute Gasteiger partial charge is 0.330 e. The number of fused-ring (bicyclic) bond motifs is 2. The van der Waals surface area contributed by atoms with Gasteiger partial charge in [0.2, 0.25) is 0 Å². The minimum absolute atomic E-state index is 0.0299. The zero-order valence-corrected chi connectivity index (χ0v) is 31.0. The van der Waals surface area contributed by atoms with Crippen molar-refractivity contribution in [2.45, 2.75) is 130 Å². The predicted molar refractivity (Wildman–Crippen MR) is 196 cm³/mol. The maximum absolute atomic E-state index is 12.7. The van der Waals surface area contributed by atoms with Crippen molar-refractivity contribution < 1.29 is 28.7 Å². The SMILES string of the molecule is CC1=CC(=O)[C@H]2/C(C=O)=C\C[C@H]3[C@@H]([C@@H](C)/C=C\C=C/C(=O)OCCCCCCCCOC(=O)CC45CC6CC(CC(C6)C4)C5)CC[C@]3(C)C[C@H]12. The molecule has 0 unspecified atom stereocenters. The van der Waals surface area contributed by atoms with Gasteiger partial charge in [0.05, 0.1) is 25.6 Å². The molecule has 0 spiro atoms. The van der Waals surface area contributed by atoms with Crippen LogP contribution >= 0.6 is 0 Å². The normalized spacial score (nSPS) is 37.5. The molecule has 0 aliphatic heterocycles. The van der Waals surface area contributed by atoms with Gasteiger partial charge in [-0.05, 0) is 148 Å². The maximum Gasteiger partial charge on any atom is 0.330 e. The van der Waals surface area contributed by atoms with Crippen molar-refractivity contribution in [2.75, 3.05) is 13.2 Å². The molecule has 0 aromatic rings. The highest BCUT2D eigenvalue weighted by Gasteiger charge is 2.52. The highest BCUT2D eigenvalue weighted by molar-refractivity contribution is 6.01. The van der Waals surface area contributed by atoms with Crippen molar-refractivity contribution in [3.05, 3.63) is 47.6 Å². The van der Waals surface area contributed by atoms with Crippen LogP contribution in [0.4, 0.5) is 0 Å². The average molecular weight is 687 g/mol. The number of aldehydes is 1. The van der Waals surface area contributed by atoms with Crippen molar-refractivity contribution in [3.63, 3.8) is 0 Å². The number of hydrogen-bond donors (Lipinski definition) is 0. The molecule has 6 atom stereocenters. The van der Waals surface area contributed by atoms with Crippen LogP contribution in [0.1, 0.15) is 130 Å². The second-order valence-corrected chi connectivity index (χ2v) is 17.8. The van der Waals surface area contributed by atoms with Crippen molar-refractivity contribution in [1.29, 1.82) is 0 Å². The molecule has 7 rings (SSSR count). The van der Waals surface area contributed by atoms with Crippen molar-refractivity contribution >= 4 is 24.0 Å². The molecule has 7 aliphatic rings. The zero-order valence-electron chi connectivity index (χ0n) is 31.0. The number of unbranched alkanes of at least 4 members (excludes halogenated alkanes) is 5. The number of carbonyl (C=O) groups is 4. The molecule has 4 bridgehead atoms. The van der Waals surface area contributed by atoms with Gasteiger partial charge in [0.25, 0.3) is 0 Å². The summed E-state index contributed by atoms with van der Waals surface area (Å²) in [6.45, 7) is 7.67. The van der Waals surface area contributed by atoms with E-state index in [4.69, 9.17) is 9.47 Å². The van der Waals surface area contributed by atoms with E-state index in [0.717, 1.165) is 93.8 Å². The van der Waals surface area contributed by atoms with E-state index in [1.807, 2.05) is 13.0 Å². The van der Waals surface area contributed by atoms with Gasteiger partial charge >= 0.3 is 11.9 Å². The van der Waals surface area contributed by atoms with Gasteiger partial charge < -0.3 is 9.47 Å². The molecule has 0 heterocycles. The fraction of sp³-hybridized carbons (Fsp3) is 0.727. The first-order valence-electron chi connectivity index (χ1n) is 20.1. The van der Waals surface area contributed by atoms with Crippen molar-refractivity contribution in [3.8, 4) is 0 Å². The number of ketones is 1. The topological polar surface area (TPSA) is 86.7 Å². The lowest BCUT2D eigenvalue weighted by Crippen LogP contribution is -2.47. The summed E-state index contributed by atoms with van der Waals surface area (Å²) < 4.78 is 11.1. The van der Waals surface area contributed by atoms with Crippen LogP contribution in [0, 0.1) is 58.2 Å². The molecule has 0 aromatic carbocycles. The second kappa shape index (κ2) is 16.3. The zero-order chi connectivity index (χ0) is 35.3. The molecule has 0 N–H and O–H groups in total. The van der Waals surface area contributed by atoms with Gasteiger partial charge in [-0.3, -0.25) is 14.4 Å². The number of ether oxygens (including phenoxy) is 2. The Morgan fingerprint density at radius 1 is 0.920 bits per heavy atom. The molecule has 7 aliphatic carbocycles. The minimum atomic E-state index is -0.304. The van der Waals surface area contributed by atoms with Crippen LogP contribution in [-0.4, -0.2) is 37.2 Å². The van der Waals surface area contributed by atoms with Crippen LogP contribution in [0.15, 0.2) is 47.6 Å². The van der Waals surface area contributed by atoms with Crippen LogP contribution in [0.2, 0.25) is 0 Å². The lowest BCUT2D eigenvalue weighted by molar-refractivity contribution is -0.152. The molecule has 0 saturated heterocycles. The van der Waals surface area contributed by atoms with Crippen LogP contribution < -0.4 is 0 Å². The summed E-state index contributed by atoms with van der Waals surface area (Å²) in [5, 5.41) is 0. The molecule has 50 heavy (non-hydrogen) atoms. The minimum Gasteiger partial charge on any atom is -0.466 e. The van der Waals surface area contributed by atoms with E-state index >= 15 is 0 Å². The molecule has 0 amide bonds. The first kappa shape index (κ1) is 37.0. The Kier molecular flexibility index (Phi) is 12.1. The largest absolute Gasteiger partial charge is 0.466 e. The summed E-state index contributed by atoms with van der Waals surface area (Å²) in [6, 6.07) is 0. The summed E-state index contributed by atoms with van der Waals surface area (Å²) in [5.41, 5.74) is 2.19. The van der Waals surface area contributed by atoms with E-state index in [-0.39, 0.29) is 40.4 Å². The molecular weight excluding hydrogens is 624 g/mol. The summed E-state index contributed by atoms with van der Waals surface area (Å²) >= 11 is 0. The number of hydrogen-bond acceptors (Lipinski definition) is 6. The van der Waals surface area contributed by atoms with Crippen LogP contribution in [0.25, 0.3) is 0 Å². The van der Waals surface area contributed by atoms with Crippen LogP contribution in [-0.2, 0) is 28.7 Å². The molecule has 0 aromatic heterocycles. The molecule has 6 nitrogen and oxygen atoms in total. The molecular formula is C44H62O6. The third kappa shape index (κ3) is 8.64. The number of allylic oxidation sites excluding steroid dienone is 7. The predicted octanol–water partition coefficient (Wildman–Crippen LogP) is 9.48. The fourth-order valence-corrected chi connectivity index (χ4v) is 12.0. The number of rotatable bonds is 16. The Bertz CT molecular complexity index is 1350. The average Bonchev–Trinajstić information content (AvgIpc) is 3.51. The Morgan fingerprint density at radius 3 is 2.22 bits per heavy atom. The third-order valence-corrected chi connectivity index (χ3v) is 14.1. The lowest BCUT2D eigenvalue weighted by Gasteiger charge is -2.56. The van der Waals surface area contributed by atoms with Crippen molar-refractivity contribution in [2.24, 2.45) is 58.2 Å². The quantitative estimate of drug-likeness (QED) is 0.0529. The molecule has 5 saturated carbocycles. The third-order valence-electron chi connectivity index (χ3n) is 14.1. The van der Waals surface area contributed by atoms with Gasteiger partial charge in [0.1, 0.15) is 6.29 Å². The highest BCUT2D eigenvalue weighted by atomic mass is 16.5. The van der Waals surface area contributed by atoms with Gasteiger partial charge in [-0.15, -0.1) is 0 Å². The van der Waals surface area contributed by atoms with E-state index in [2.05, 4.69) is 26.0 Å². The van der Waals surface area contributed by atoms with Gasteiger partial charge in [-0.1, -0.05) is 69.4 Å². The number of esters is 2. The standard InChI is InChI=1S/C44H62O6/c1-30(36-16-17-43(3)27-37-31(2)20-39(46)42(37)35(29-45)14-15-38(36)43)12-8-9-13-40(47)49-18-10-6-4-5-7-11-19-50-41(48)28-44-24-32-21-33(25-44)23-34(22-32)26-44/h8-9,12-14,20,29-30,32-34,36-38,42H,4-7,10-11,15-19,21-28H2,1-3H3/b12-8-,13-9-,35-14-/t30-,32?,33?,34?,36+,37+,38-,42-,43+,44?/m0/s1. The Balaban J connectivity index is 0.816. The van der Waals surface area contributed by atoms with Gasteiger partial charge in [0.15, 0.2) is 5.78 Å². The molecule has 6 heteroatoms. The lowest BCUT2D eigenvalue weighted by atomic mass is 9.49. The monoisotopic (exact) mass is 686 g/mol. The Hall–Kier alpha value is -2.76.